The molecule has 4 rings (SSSR count). The molecule has 1 saturated heterocycles. The number of rotatable bonds is 9. The summed E-state index contributed by atoms with van der Waals surface area (Å²) in [5.74, 6) is 0.871. The number of methoxy groups -OCH3 is 1. The molecule has 2 unspecified atom stereocenters. The van der Waals surface area contributed by atoms with E-state index < -0.39 is 21.4 Å². The summed E-state index contributed by atoms with van der Waals surface area (Å²) in [4.78, 5) is 8.18. The molecule has 0 spiro atoms. The number of halogens is 1. The second-order valence-corrected chi connectivity index (χ2v) is 9.76. The number of anilines is 1. The summed E-state index contributed by atoms with van der Waals surface area (Å²) >= 11 is 5.83. The van der Waals surface area contributed by atoms with Crippen molar-refractivity contribution in [2.24, 2.45) is 0 Å². The number of hydrogen-bond acceptors (Lipinski definition) is 10. The Morgan fingerprint density at radius 1 is 1.34 bits per heavy atom. The molecular weight excluding hydrogens is 462 g/mol. The van der Waals surface area contributed by atoms with E-state index in [9.17, 15) is 8.42 Å². The normalized spacial score (nSPS) is 18.5. The van der Waals surface area contributed by atoms with Crippen molar-refractivity contribution in [3.63, 3.8) is 0 Å². The van der Waals surface area contributed by atoms with Crippen molar-refractivity contribution in [2.45, 2.75) is 37.2 Å². The number of nitrogens with one attached hydrogen (secondary N) is 1. The van der Waals surface area contributed by atoms with Crippen molar-refractivity contribution in [3.05, 3.63) is 47.1 Å². The fraction of sp³-hybridized carbons (Fsp3) is 0.500. The first-order valence-electron chi connectivity index (χ1n) is 9.81. The molecule has 1 N–H and O–H groups in total. The van der Waals surface area contributed by atoms with Crippen LogP contribution in [0.3, 0.4) is 0 Å². The van der Waals surface area contributed by atoms with Crippen LogP contribution in [0.5, 0.6) is 0 Å². The molecule has 32 heavy (non-hydrogen) atoms. The summed E-state index contributed by atoms with van der Waals surface area (Å²) < 4.78 is 46.4. The third kappa shape index (κ3) is 4.75. The highest BCUT2D eigenvalue weighted by molar-refractivity contribution is 7.93. The van der Waals surface area contributed by atoms with E-state index in [1.54, 1.807) is 10.6 Å². The predicted molar refractivity (Wildman–Crippen MR) is 113 cm³/mol. The van der Waals surface area contributed by atoms with Crippen LogP contribution < -0.4 is 4.72 Å². The molecule has 1 aliphatic rings. The van der Waals surface area contributed by atoms with Crippen molar-refractivity contribution in [2.75, 3.05) is 25.0 Å². The lowest BCUT2D eigenvalue weighted by Gasteiger charge is -2.22. The summed E-state index contributed by atoms with van der Waals surface area (Å²) in [7, 11) is -2.59. The molecule has 1 fully saturated rings. The fourth-order valence-electron chi connectivity index (χ4n) is 3.43. The van der Waals surface area contributed by atoms with E-state index in [1.165, 1.54) is 32.7 Å². The van der Waals surface area contributed by atoms with Crippen LogP contribution in [-0.2, 0) is 26.0 Å². The van der Waals surface area contributed by atoms with E-state index >= 15 is 0 Å². The Morgan fingerprint density at radius 3 is 2.75 bits per heavy atom. The Kier molecular flexibility index (Phi) is 6.69. The van der Waals surface area contributed by atoms with Gasteiger partial charge in [0, 0.05) is 38.1 Å². The molecule has 14 heteroatoms. The number of nitrogens with zero attached hydrogens (tertiary/aromatic N) is 6. The molecule has 0 aliphatic carbocycles. The zero-order chi connectivity index (χ0) is 22.7. The van der Waals surface area contributed by atoms with Gasteiger partial charge in [0.1, 0.15) is 29.1 Å². The van der Waals surface area contributed by atoms with Gasteiger partial charge in [-0.2, -0.15) is 0 Å². The van der Waals surface area contributed by atoms with Gasteiger partial charge >= 0.3 is 0 Å². The van der Waals surface area contributed by atoms with Gasteiger partial charge in [-0.25, -0.2) is 18.4 Å². The quantitative estimate of drug-likeness (QED) is 0.477. The number of hydrogen-bond donors (Lipinski definition) is 1. The summed E-state index contributed by atoms with van der Waals surface area (Å²) in [6.45, 7) is 2.82. The molecule has 0 saturated carbocycles. The molecule has 3 aromatic heterocycles. The lowest BCUT2D eigenvalue weighted by atomic mass is 10.1. The van der Waals surface area contributed by atoms with Crippen LogP contribution >= 0.6 is 11.6 Å². The Hall–Kier alpha value is -2.61. The van der Waals surface area contributed by atoms with E-state index in [2.05, 4.69) is 30.0 Å². The molecule has 3 atom stereocenters. The Labute approximate surface area is 189 Å². The van der Waals surface area contributed by atoms with E-state index in [0.717, 1.165) is 6.42 Å². The third-order valence-electron chi connectivity index (χ3n) is 5.18. The monoisotopic (exact) mass is 483 g/mol. The standard InChI is InChI=1S/C18H22ClN7O5S/c1-11(15(29-2)16-20-7-13(19)8-21-16)32(27,28)25-18-23-22-17(12-3-5-30-10-12)26(18)9-14-4-6-31-24-14/h4,6-8,11-12,15H,3,5,9-10H2,1-2H3,(H,23,25)/t11?,12-,15?/m0/s1. The lowest BCUT2D eigenvalue weighted by Crippen LogP contribution is -2.33. The lowest BCUT2D eigenvalue weighted by molar-refractivity contribution is 0.0950. The van der Waals surface area contributed by atoms with Crippen LogP contribution in [0.25, 0.3) is 0 Å². The van der Waals surface area contributed by atoms with Crippen molar-refractivity contribution >= 4 is 27.6 Å². The van der Waals surface area contributed by atoms with Crippen LogP contribution in [0.1, 0.15) is 42.7 Å². The Balaban J connectivity index is 1.62. The molecule has 0 bridgehead atoms. The summed E-state index contributed by atoms with van der Waals surface area (Å²) in [5, 5.41) is 11.5. The number of ether oxygens (including phenoxy) is 2. The summed E-state index contributed by atoms with van der Waals surface area (Å²) in [6.07, 6.45) is 4.04. The largest absolute Gasteiger partial charge is 0.381 e. The van der Waals surface area contributed by atoms with Gasteiger partial charge in [0.25, 0.3) is 0 Å². The van der Waals surface area contributed by atoms with E-state index in [-0.39, 0.29) is 24.2 Å². The molecule has 172 valence electrons. The van der Waals surface area contributed by atoms with Crippen molar-refractivity contribution in [1.29, 1.82) is 0 Å². The smallest absolute Gasteiger partial charge is 0.240 e. The van der Waals surface area contributed by atoms with Crippen molar-refractivity contribution in [1.82, 2.24) is 29.9 Å². The average molecular weight is 484 g/mol. The first-order valence-corrected chi connectivity index (χ1v) is 11.7. The zero-order valence-electron chi connectivity index (χ0n) is 17.4. The topological polar surface area (TPSA) is 147 Å². The SMILES string of the molecule is COC(c1ncc(Cl)cn1)C(C)S(=O)(=O)Nc1nnc([C@H]2CCOC2)n1Cc1ccon1. The van der Waals surface area contributed by atoms with Gasteiger partial charge in [-0.15, -0.1) is 10.2 Å². The molecule has 1 aliphatic heterocycles. The maximum absolute atomic E-state index is 13.2. The van der Waals surface area contributed by atoms with Gasteiger partial charge in [-0.05, 0) is 13.3 Å². The number of sulfonamides is 1. The van der Waals surface area contributed by atoms with E-state index in [1.807, 2.05) is 0 Å². The van der Waals surface area contributed by atoms with Gasteiger partial charge < -0.3 is 14.0 Å². The third-order valence-corrected chi connectivity index (χ3v) is 7.07. The summed E-state index contributed by atoms with van der Waals surface area (Å²) in [5.41, 5.74) is 0.600. The highest BCUT2D eigenvalue weighted by atomic mass is 35.5. The van der Waals surface area contributed by atoms with Crippen molar-refractivity contribution in [3.8, 4) is 0 Å². The van der Waals surface area contributed by atoms with Crippen LogP contribution in [0.4, 0.5) is 5.95 Å². The zero-order valence-corrected chi connectivity index (χ0v) is 19.0. The van der Waals surface area contributed by atoms with Gasteiger partial charge in [0.05, 0.1) is 18.2 Å². The first-order chi connectivity index (χ1) is 15.4. The predicted octanol–water partition coefficient (Wildman–Crippen LogP) is 1.78. The van der Waals surface area contributed by atoms with Gasteiger partial charge in [-0.1, -0.05) is 16.8 Å². The van der Waals surface area contributed by atoms with Crippen LogP contribution in [-0.4, -0.2) is 63.9 Å². The van der Waals surface area contributed by atoms with Crippen LogP contribution in [0, 0.1) is 0 Å². The molecular formula is C18H22ClN7O5S. The van der Waals surface area contributed by atoms with Gasteiger partial charge in [0.2, 0.25) is 16.0 Å². The summed E-state index contributed by atoms with van der Waals surface area (Å²) in [6, 6.07) is 1.69. The first kappa shape index (κ1) is 22.6. The van der Waals surface area contributed by atoms with E-state index in [4.69, 9.17) is 25.6 Å². The molecule has 0 radical (unpaired) electrons. The second-order valence-electron chi connectivity index (χ2n) is 7.29. The van der Waals surface area contributed by atoms with Crippen LogP contribution in [0.2, 0.25) is 5.02 Å². The Bertz CT molecular complexity index is 1130. The average Bonchev–Trinajstić information content (AvgIpc) is 3.53. The minimum absolute atomic E-state index is 0.000676. The van der Waals surface area contributed by atoms with Gasteiger partial charge in [-0.3, -0.25) is 9.29 Å². The highest BCUT2D eigenvalue weighted by Gasteiger charge is 2.35. The minimum Gasteiger partial charge on any atom is -0.381 e. The molecule has 12 nitrogen and oxygen atoms in total. The maximum Gasteiger partial charge on any atom is 0.240 e. The minimum atomic E-state index is -3.98. The van der Waals surface area contributed by atoms with Crippen LogP contribution in [0.15, 0.2) is 29.2 Å². The molecule has 4 heterocycles. The molecule has 3 aromatic rings. The maximum atomic E-state index is 13.2. The fourth-order valence-corrected chi connectivity index (χ4v) is 4.67. The van der Waals surface area contributed by atoms with E-state index in [0.29, 0.717) is 29.8 Å². The number of aromatic nitrogens is 6. The highest BCUT2D eigenvalue weighted by Crippen LogP contribution is 2.28. The Morgan fingerprint density at radius 2 is 2.12 bits per heavy atom. The molecule has 0 aromatic carbocycles. The second kappa shape index (κ2) is 9.48. The van der Waals surface area contributed by atoms with Crippen molar-refractivity contribution < 1.29 is 22.4 Å². The van der Waals surface area contributed by atoms with Gasteiger partial charge in [0.15, 0.2) is 5.82 Å². The molecule has 0 amide bonds.